The lowest BCUT2D eigenvalue weighted by molar-refractivity contribution is 0.485. The summed E-state index contributed by atoms with van der Waals surface area (Å²) in [6.07, 6.45) is 1.26. The van der Waals surface area contributed by atoms with Crippen molar-refractivity contribution in [3.05, 3.63) is 28.2 Å². The maximum absolute atomic E-state index is 10.9. The molecular formula is C7H4BrNO3S. The van der Waals surface area contributed by atoms with Gasteiger partial charge in [0.25, 0.3) is 0 Å². The Balaban J connectivity index is 2.60. The Bertz CT molecular complexity index is 481. The van der Waals surface area contributed by atoms with Gasteiger partial charge in [0.15, 0.2) is 5.75 Å². The molecule has 1 aromatic carbocycles. The van der Waals surface area contributed by atoms with Gasteiger partial charge in [-0.2, -0.15) is 8.42 Å². The van der Waals surface area contributed by atoms with Gasteiger partial charge in [-0.25, -0.2) is 0 Å². The average Bonchev–Trinajstić information content (AvgIpc) is 2.01. The maximum atomic E-state index is 10.9. The zero-order valence-electron chi connectivity index (χ0n) is 6.27. The molecule has 0 saturated carbocycles. The zero-order chi connectivity index (χ0) is 9.47. The van der Waals surface area contributed by atoms with Crippen LogP contribution >= 0.6 is 15.9 Å². The molecule has 1 aliphatic heterocycles. The first kappa shape index (κ1) is 8.71. The van der Waals surface area contributed by atoms with Crippen LogP contribution in [0.1, 0.15) is 5.56 Å². The third-order valence-electron chi connectivity index (χ3n) is 1.49. The molecule has 1 aliphatic rings. The normalized spacial score (nSPS) is 17.6. The maximum Gasteiger partial charge on any atom is 0.428 e. The van der Waals surface area contributed by atoms with E-state index >= 15 is 0 Å². The van der Waals surface area contributed by atoms with E-state index in [4.69, 9.17) is 0 Å². The summed E-state index contributed by atoms with van der Waals surface area (Å²) in [5.74, 6) is 0.296. The van der Waals surface area contributed by atoms with Crippen molar-refractivity contribution in [1.29, 1.82) is 0 Å². The Morgan fingerprint density at radius 3 is 2.92 bits per heavy atom. The van der Waals surface area contributed by atoms with Crippen LogP contribution in [0.5, 0.6) is 5.75 Å². The van der Waals surface area contributed by atoms with Crippen LogP contribution in [0.3, 0.4) is 0 Å². The molecule has 1 heterocycles. The van der Waals surface area contributed by atoms with Gasteiger partial charge in [0, 0.05) is 10.0 Å². The number of hydrogen-bond donors (Lipinski definition) is 0. The number of rotatable bonds is 0. The Morgan fingerprint density at radius 2 is 2.15 bits per heavy atom. The topological polar surface area (TPSA) is 55.7 Å². The molecule has 0 aromatic heterocycles. The van der Waals surface area contributed by atoms with E-state index in [0.717, 1.165) is 4.47 Å². The number of nitrogens with zero attached hydrogens (tertiary/aromatic N) is 1. The van der Waals surface area contributed by atoms with E-state index in [9.17, 15) is 8.42 Å². The highest BCUT2D eigenvalue weighted by Crippen LogP contribution is 2.26. The van der Waals surface area contributed by atoms with Gasteiger partial charge in [0.05, 0.1) is 6.21 Å². The van der Waals surface area contributed by atoms with Gasteiger partial charge in [-0.15, -0.1) is 4.40 Å². The van der Waals surface area contributed by atoms with Crippen molar-refractivity contribution >= 4 is 32.4 Å². The van der Waals surface area contributed by atoms with Crippen LogP contribution in [0, 0.1) is 0 Å². The molecule has 68 valence electrons. The second kappa shape index (κ2) is 2.81. The van der Waals surface area contributed by atoms with Crippen LogP contribution in [0.4, 0.5) is 0 Å². The largest absolute Gasteiger partial charge is 0.428 e. The first-order valence-corrected chi connectivity index (χ1v) is 5.52. The third-order valence-corrected chi connectivity index (χ3v) is 2.74. The van der Waals surface area contributed by atoms with E-state index in [0.29, 0.717) is 11.3 Å². The van der Waals surface area contributed by atoms with Crippen LogP contribution in [-0.4, -0.2) is 14.6 Å². The number of benzene rings is 1. The Hall–Kier alpha value is -0.880. The Morgan fingerprint density at radius 1 is 1.38 bits per heavy atom. The molecule has 2 rings (SSSR count). The number of fused-ring (bicyclic) bond motifs is 1. The summed E-state index contributed by atoms with van der Waals surface area (Å²) in [5, 5.41) is 0. The fourth-order valence-electron chi connectivity index (χ4n) is 0.943. The minimum absolute atomic E-state index is 0.296. The van der Waals surface area contributed by atoms with Gasteiger partial charge >= 0.3 is 10.3 Å². The fraction of sp³-hybridized carbons (Fsp3) is 0. The molecule has 0 N–H and O–H groups in total. The van der Waals surface area contributed by atoms with Crippen molar-refractivity contribution in [2.45, 2.75) is 0 Å². The van der Waals surface area contributed by atoms with Crippen LogP contribution in [0.2, 0.25) is 0 Å². The summed E-state index contributed by atoms with van der Waals surface area (Å²) in [6.45, 7) is 0. The monoisotopic (exact) mass is 261 g/mol. The van der Waals surface area contributed by atoms with Crippen LogP contribution in [0.25, 0.3) is 0 Å². The molecule has 13 heavy (non-hydrogen) atoms. The van der Waals surface area contributed by atoms with Crippen molar-refractivity contribution < 1.29 is 12.6 Å². The van der Waals surface area contributed by atoms with Crippen molar-refractivity contribution in [2.75, 3.05) is 0 Å². The summed E-state index contributed by atoms with van der Waals surface area (Å²) >= 11 is 3.21. The van der Waals surface area contributed by atoms with Crippen molar-refractivity contribution in [3.8, 4) is 5.75 Å². The molecule has 4 nitrogen and oxygen atoms in total. The molecule has 1 aromatic rings. The Labute approximate surface area is 83.6 Å². The number of halogens is 1. The highest BCUT2D eigenvalue weighted by molar-refractivity contribution is 9.10. The quantitative estimate of drug-likeness (QED) is 0.712. The molecule has 0 radical (unpaired) electrons. The second-order valence-corrected chi connectivity index (χ2v) is 4.58. The van der Waals surface area contributed by atoms with Gasteiger partial charge in [-0.05, 0) is 18.2 Å². The lowest BCUT2D eigenvalue weighted by atomic mass is 10.2. The highest BCUT2D eigenvalue weighted by atomic mass is 79.9. The fourth-order valence-corrected chi connectivity index (χ4v) is 1.94. The first-order chi connectivity index (χ1) is 6.07. The predicted molar refractivity (Wildman–Crippen MR) is 51.3 cm³/mol. The summed E-state index contributed by atoms with van der Waals surface area (Å²) in [6, 6.07) is 5.09. The van der Waals surface area contributed by atoms with E-state index in [1.165, 1.54) is 6.21 Å². The lowest BCUT2D eigenvalue weighted by Gasteiger charge is -2.10. The van der Waals surface area contributed by atoms with Crippen molar-refractivity contribution in [1.82, 2.24) is 0 Å². The SMILES string of the molecule is O=S1(=O)N=Cc2ccc(Br)cc2O1. The minimum atomic E-state index is -3.76. The van der Waals surface area contributed by atoms with Gasteiger partial charge < -0.3 is 4.18 Å². The average molecular weight is 262 g/mol. The molecule has 0 aliphatic carbocycles. The molecule has 6 heteroatoms. The standard InChI is InChI=1S/C7H4BrNO3S/c8-6-2-1-5-4-9-13(10,11)12-7(5)3-6/h1-4H. The summed E-state index contributed by atoms with van der Waals surface area (Å²) < 4.78 is 30.4. The summed E-state index contributed by atoms with van der Waals surface area (Å²) in [4.78, 5) is 0. The van der Waals surface area contributed by atoms with Crippen LogP contribution < -0.4 is 4.18 Å². The van der Waals surface area contributed by atoms with Gasteiger partial charge in [0.2, 0.25) is 0 Å². The van der Waals surface area contributed by atoms with E-state index in [1.54, 1.807) is 18.2 Å². The summed E-state index contributed by atoms with van der Waals surface area (Å²) in [5.41, 5.74) is 0.651. The van der Waals surface area contributed by atoms with Crippen LogP contribution in [-0.2, 0) is 10.3 Å². The minimum Gasteiger partial charge on any atom is -0.365 e. The zero-order valence-corrected chi connectivity index (χ0v) is 8.67. The smallest absolute Gasteiger partial charge is 0.365 e. The Kier molecular flexibility index (Phi) is 1.88. The third kappa shape index (κ3) is 1.73. The molecule has 0 spiro atoms. The second-order valence-electron chi connectivity index (χ2n) is 2.43. The predicted octanol–water partition coefficient (Wildman–Crippen LogP) is 1.51. The highest BCUT2D eigenvalue weighted by Gasteiger charge is 2.17. The van der Waals surface area contributed by atoms with Gasteiger partial charge in [-0.1, -0.05) is 15.9 Å². The summed E-state index contributed by atoms with van der Waals surface area (Å²) in [7, 11) is -3.76. The first-order valence-electron chi connectivity index (χ1n) is 3.36. The molecule has 0 saturated heterocycles. The van der Waals surface area contributed by atoms with Gasteiger partial charge in [-0.3, -0.25) is 0 Å². The number of hydrogen-bond acceptors (Lipinski definition) is 3. The van der Waals surface area contributed by atoms with E-state index < -0.39 is 10.3 Å². The molecule has 0 fully saturated rings. The lowest BCUT2D eigenvalue weighted by Crippen LogP contribution is -2.11. The van der Waals surface area contributed by atoms with Crippen LogP contribution in [0.15, 0.2) is 27.1 Å². The molecule has 0 bridgehead atoms. The molecule has 0 unspecified atom stereocenters. The van der Waals surface area contributed by atoms with E-state index in [-0.39, 0.29) is 0 Å². The van der Waals surface area contributed by atoms with E-state index in [1.807, 2.05) is 0 Å². The molecule has 0 atom stereocenters. The molecule has 0 amide bonds. The van der Waals surface area contributed by atoms with Gasteiger partial charge in [0.1, 0.15) is 0 Å². The van der Waals surface area contributed by atoms with Crippen molar-refractivity contribution in [3.63, 3.8) is 0 Å². The molecular weight excluding hydrogens is 258 g/mol. The van der Waals surface area contributed by atoms with Crippen molar-refractivity contribution in [2.24, 2.45) is 4.40 Å². The van der Waals surface area contributed by atoms with E-state index in [2.05, 4.69) is 24.5 Å².